The van der Waals surface area contributed by atoms with Crippen molar-refractivity contribution in [2.24, 2.45) is 5.92 Å². The smallest absolute Gasteiger partial charge is 0.416 e. The summed E-state index contributed by atoms with van der Waals surface area (Å²) in [5.41, 5.74) is -1.44. The van der Waals surface area contributed by atoms with Gasteiger partial charge in [0.25, 0.3) is 0 Å². The number of benzene rings is 1. The Bertz CT molecular complexity index is 479. The number of carboxylic acids is 1. The molecule has 0 bridgehead atoms. The van der Waals surface area contributed by atoms with E-state index in [2.05, 4.69) is 0 Å². The van der Waals surface area contributed by atoms with Gasteiger partial charge in [0.2, 0.25) is 0 Å². The van der Waals surface area contributed by atoms with Crippen molar-refractivity contribution in [3.63, 3.8) is 0 Å². The van der Waals surface area contributed by atoms with Crippen LogP contribution in [0.15, 0.2) is 18.2 Å². The Hall–Kier alpha value is -1.72. The summed E-state index contributed by atoms with van der Waals surface area (Å²) in [5.74, 6) is -0.823. The van der Waals surface area contributed by atoms with Crippen molar-refractivity contribution >= 4 is 5.97 Å². The second kappa shape index (κ2) is 5.11. The number of alkyl halides is 3. The molecule has 1 N–H and O–H groups in total. The van der Waals surface area contributed by atoms with Crippen LogP contribution in [0, 0.1) is 5.92 Å². The summed E-state index contributed by atoms with van der Waals surface area (Å²) in [6, 6.07) is 2.51. The van der Waals surface area contributed by atoms with Crippen molar-refractivity contribution in [1.82, 2.24) is 0 Å². The fourth-order valence-electron chi connectivity index (χ4n) is 1.74. The number of carboxylic acid groups (broad SMARTS) is 1. The third kappa shape index (κ3) is 3.62. The molecule has 0 radical (unpaired) electrons. The van der Waals surface area contributed by atoms with Crippen LogP contribution in [0.2, 0.25) is 0 Å². The predicted octanol–water partition coefficient (Wildman–Crippen LogP) is 3.58. The van der Waals surface area contributed by atoms with Crippen LogP contribution < -0.4 is 4.74 Å². The lowest BCUT2D eigenvalue weighted by molar-refractivity contribution is -0.137. The predicted molar refractivity (Wildman–Crippen MR) is 61.2 cm³/mol. The van der Waals surface area contributed by atoms with Crippen LogP contribution >= 0.6 is 0 Å². The quantitative estimate of drug-likeness (QED) is 0.892. The lowest BCUT2D eigenvalue weighted by Crippen LogP contribution is -2.10. The van der Waals surface area contributed by atoms with Crippen LogP contribution in [0.25, 0.3) is 0 Å². The van der Waals surface area contributed by atoms with Crippen molar-refractivity contribution in [2.45, 2.75) is 25.4 Å². The Morgan fingerprint density at radius 3 is 2.58 bits per heavy atom. The molecule has 1 aromatic rings. The first-order valence-corrected chi connectivity index (χ1v) is 5.95. The molecule has 0 heterocycles. The van der Waals surface area contributed by atoms with Gasteiger partial charge >= 0.3 is 12.1 Å². The van der Waals surface area contributed by atoms with Gasteiger partial charge in [-0.15, -0.1) is 0 Å². The molecule has 1 aliphatic carbocycles. The highest BCUT2D eigenvalue weighted by Gasteiger charge is 2.32. The van der Waals surface area contributed by atoms with Gasteiger partial charge in [-0.1, -0.05) is 12.8 Å². The second-order valence-electron chi connectivity index (χ2n) is 4.59. The van der Waals surface area contributed by atoms with E-state index < -0.39 is 23.3 Å². The molecule has 1 aromatic carbocycles. The highest BCUT2D eigenvalue weighted by molar-refractivity contribution is 5.91. The number of rotatable bonds is 5. The van der Waals surface area contributed by atoms with Gasteiger partial charge in [-0.25, -0.2) is 4.79 Å². The minimum atomic E-state index is -4.56. The normalized spacial score (nSPS) is 15.3. The van der Waals surface area contributed by atoms with Gasteiger partial charge in [0.1, 0.15) is 11.3 Å². The van der Waals surface area contributed by atoms with E-state index in [0.29, 0.717) is 18.6 Å². The lowest BCUT2D eigenvalue weighted by atomic mass is 10.1. The van der Waals surface area contributed by atoms with Crippen LogP contribution in [0.4, 0.5) is 13.2 Å². The van der Waals surface area contributed by atoms with E-state index in [1.807, 2.05) is 0 Å². The molecule has 0 unspecified atom stereocenters. The number of hydrogen-bond donors (Lipinski definition) is 1. The van der Waals surface area contributed by atoms with Crippen molar-refractivity contribution in [3.8, 4) is 5.75 Å². The molecule has 3 nitrogen and oxygen atoms in total. The monoisotopic (exact) mass is 274 g/mol. The molecule has 1 fully saturated rings. The summed E-state index contributed by atoms with van der Waals surface area (Å²) in [6.45, 7) is 0.330. The van der Waals surface area contributed by atoms with Crippen LogP contribution in [0.1, 0.15) is 35.2 Å². The zero-order valence-corrected chi connectivity index (χ0v) is 10.0. The fourth-order valence-corrected chi connectivity index (χ4v) is 1.74. The molecular formula is C13H13F3O3. The maximum Gasteiger partial charge on any atom is 0.416 e. The van der Waals surface area contributed by atoms with E-state index >= 15 is 0 Å². The summed E-state index contributed by atoms with van der Waals surface area (Å²) in [7, 11) is 0. The minimum Gasteiger partial charge on any atom is -0.493 e. The Morgan fingerprint density at radius 1 is 1.37 bits per heavy atom. The first kappa shape index (κ1) is 13.7. The van der Waals surface area contributed by atoms with Crippen LogP contribution in [-0.4, -0.2) is 17.7 Å². The molecule has 104 valence electrons. The molecule has 0 aromatic heterocycles. The van der Waals surface area contributed by atoms with Gasteiger partial charge in [-0.05, 0) is 30.5 Å². The maximum atomic E-state index is 12.5. The van der Waals surface area contributed by atoms with Gasteiger partial charge in [0.15, 0.2) is 0 Å². The Morgan fingerprint density at radius 2 is 2.05 bits per heavy atom. The molecule has 0 spiro atoms. The fraction of sp³-hybridized carbons (Fsp3) is 0.462. The molecule has 2 rings (SSSR count). The molecular weight excluding hydrogens is 261 g/mol. The second-order valence-corrected chi connectivity index (χ2v) is 4.59. The average Bonchev–Trinajstić information content (AvgIpc) is 3.11. The zero-order chi connectivity index (χ0) is 14.0. The molecule has 19 heavy (non-hydrogen) atoms. The van der Waals surface area contributed by atoms with Gasteiger partial charge in [-0.2, -0.15) is 13.2 Å². The molecule has 0 aliphatic heterocycles. The average molecular weight is 274 g/mol. The van der Waals surface area contributed by atoms with Crippen LogP contribution in [-0.2, 0) is 6.18 Å². The summed E-state index contributed by atoms with van der Waals surface area (Å²) in [6.07, 6.45) is -1.47. The first-order valence-electron chi connectivity index (χ1n) is 5.95. The van der Waals surface area contributed by atoms with Crippen molar-refractivity contribution in [3.05, 3.63) is 29.3 Å². The third-order valence-electron chi connectivity index (χ3n) is 3.02. The largest absolute Gasteiger partial charge is 0.493 e. The molecule has 0 amide bonds. The molecule has 1 aliphatic rings. The van der Waals surface area contributed by atoms with Crippen molar-refractivity contribution in [1.29, 1.82) is 0 Å². The van der Waals surface area contributed by atoms with E-state index in [-0.39, 0.29) is 5.75 Å². The van der Waals surface area contributed by atoms with Gasteiger partial charge in [-0.3, -0.25) is 0 Å². The molecule has 1 saturated carbocycles. The summed E-state index contributed by atoms with van der Waals surface area (Å²) in [4.78, 5) is 11.0. The molecule has 6 heteroatoms. The van der Waals surface area contributed by atoms with E-state index in [9.17, 15) is 18.0 Å². The third-order valence-corrected chi connectivity index (χ3v) is 3.02. The van der Waals surface area contributed by atoms with Crippen LogP contribution in [0.5, 0.6) is 5.75 Å². The van der Waals surface area contributed by atoms with E-state index in [1.54, 1.807) is 0 Å². The summed E-state index contributed by atoms with van der Waals surface area (Å²) < 4.78 is 42.8. The van der Waals surface area contributed by atoms with Gasteiger partial charge in [0.05, 0.1) is 12.2 Å². The Kier molecular flexibility index (Phi) is 3.68. The summed E-state index contributed by atoms with van der Waals surface area (Å²) in [5, 5.41) is 8.93. The lowest BCUT2D eigenvalue weighted by Gasteiger charge is -2.12. The SMILES string of the molecule is O=C(O)c1cc(C(F)(F)F)ccc1OCCC1CC1. The Balaban J connectivity index is 2.14. The van der Waals surface area contributed by atoms with Crippen molar-refractivity contribution in [2.75, 3.05) is 6.61 Å². The number of ether oxygens (including phenoxy) is 1. The van der Waals surface area contributed by atoms with E-state index in [0.717, 1.165) is 31.4 Å². The highest BCUT2D eigenvalue weighted by atomic mass is 19.4. The van der Waals surface area contributed by atoms with Crippen molar-refractivity contribution < 1.29 is 27.8 Å². The highest BCUT2D eigenvalue weighted by Crippen LogP contribution is 2.34. The number of halogens is 3. The summed E-state index contributed by atoms with van der Waals surface area (Å²) >= 11 is 0. The molecule has 0 atom stereocenters. The number of hydrogen-bond acceptors (Lipinski definition) is 2. The van der Waals surface area contributed by atoms with Crippen LogP contribution in [0.3, 0.4) is 0 Å². The van der Waals surface area contributed by atoms with Gasteiger partial charge < -0.3 is 9.84 Å². The maximum absolute atomic E-state index is 12.5. The standard InChI is InChI=1S/C13H13F3O3/c14-13(15,16)9-3-4-11(10(7-9)12(17)18)19-6-5-8-1-2-8/h3-4,7-8H,1-2,5-6H2,(H,17,18). The minimum absolute atomic E-state index is 0.0128. The molecule has 0 saturated heterocycles. The first-order chi connectivity index (χ1) is 8.88. The van der Waals surface area contributed by atoms with E-state index in [1.165, 1.54) is 0 Å². The zero-order valence-electron chi connectivity index (χ0n) is 10.0. The Labute approximate surface area is 108 Å². The van der Waals surface area contributed by atoms with E-state index in [4.69, 9.17) is 9.84 Å². The number of aromatic carboxylic acids is 1. The number of carbonyl (C=O) groups is 1. The van der Waals surface area contributed by atoms with Gasteiger partial charge in [0, 0.05) is 0 Å². The topological polar surface area (TPSA) is 46.5 Å².